The van der Waals surface area contributed by atoms with Crippen LogP contribution >= 0.6 is 0 Å². The fourth-order valence-corrected chi connectivity index (χ4v) is 1.11. The molecule has 0 aliphatic heterocycles. The van der Waals surface area contributed by atoms with Crippen molar-refractivity contribution >= 4 is 11.9 Å². The third kappa shape index (κ3) is 4.77. The van der Waals surface area contributed by atoms with Crippen LogP contribution in [0.15, 0.2) is 12.4 Å². The van der Waals surface area contributed by atoms with Gasteiger partial charge in [0.05, 0.1) is 11.9 Å². The van der Waals surface area contributed by atoms with E-state index in [0.29, 0.717) is 6.54 Å². The lowest BCUT2D eigenvalue weighted by molar-refractivity contribution is 0.0931. The molecule has 0 saturated heterocycles. The van der Waals surface area contributed by atoms with E-state index >= 15 is 0 Å². The molecule has 3 N–H and O–H groups in total. The van der Waals surface area contributed by atoms with Gasteiger partial charge in [-0.2, -0.15) is 0 Å². The van der Waals surface area contributed by atoms with Crippen LogP contribution in [-0.4, -0.2) is 28.5 Å². The van der Waals surface area contributed by atoms with Crippen molar-refractivity contribution in [2.45, 2.75) is 26.7 Å². The summed E-state index contributed by atoms with van der Waals surface area (Å²) in [4.78, 5) is 30.6. The SMILES string of the molecule is CCCCNC(=O)NNC(=O)c1cnc(C)cn1. The molecule has 0 aliphatic carbocycles. The largest absolute Gasteiger partial charge is 0.337 e. The molecule has 98 valence electrons. The van der Waals surface area contributed by atoms with Gasteiger partial charge in [-0.3, -0.25) is 15.2 Å². The highest BCUT2D eigenvalue weighted by atomic mass is 16.2. The summed E-state index contributed by atoms with van der Waals surface area (Å²) in [6.45, 7) is 4.37. The molecule has 0 saturated carbocycles. The predicted molar refractivity (Wildman–Crippen MR) is 65.7 cm³/mol. The number of amides is 3. The Labute approximate surface area is 105 Å². The number of unbranched alkanes of at least 4 members (excludes halogenated alkanes) is 1. The fourth-order valence-electron chi connectivity index (χ4n) is 1.11. The second-order valence-electron chi connectivity index (χ2n) is 3.73. The molecule has 3 amide bonds. The number of aryl methyl sites for hydroxylation is 1. The highest BCUT2D eigenvalue weighted by Gasteiger charge is 2.08. The zero-order valence-electron chi connectivity index (χ0n) is 10.5. The Kier molecular flexibility index (Phi) is 5.56. The van der Waals surface area contributed by atoms with Crippen molar-refractivity contribution in [1.29, 1.82) is 0 Å². The van der Waals surface area contributed by atoms with Gasteiger partial charge in [-0.25, -0.2) is 15.2 Å². The molecule has 1 rings (SSSR count). The van der Waals surface area contributed by atoms with Crippen LogP contribution in [0.2, 0.25) is 0 Å². The van der Waals surface area contributed by atoms with Gasteiger partial charge in [0, 0.05) is 12.7 Å². The van der Waals surface area contributed by atoms with Gasteiger partial charge in [-0.15, -0.1) is 0 Å². The second-order valence-corrected chi connectivity index (χ2v) is 3.73. The molecule has 1 aromatic rings. The lowest BCUT2D eigenvalue weighted by atomic mass is 10.3. The standard InChI is InChI=1S/C11H17N5O2/c1-3-4-5-12-11(18)16-15-10(17)9-7-13-8(2)6-14-9/h6-7H,3-5H2,1-2H3,(H,15,17)(H2,12,16,18). The minimum atomic E-state index is -0.506. The minimum absolute atomic E-state index is 0.148. The van der Waals surface area contributed by atoms with Crippen LogP contribution in [0.1, 0.15) is 35.9 Å². The number of urea groups is 1. The van der Waals surface area contributed by atoms with Crippen molar-refractivity contribution in [2.24, 2.45) is 0 Å². The molecule has 0 fully saturated rings. The maximum Gasteiger partial charge on any atom is 0.333 e. The number of hydrazine groups is 1. The van der Waals surface area contributed by atoms with E-state index in [9.17, 15) is 9.59 Å². The monoisotopic (exact) mass is 251 g/mol. The fraction of sp³-hybridized carbons (Fsp3) is 0.455. The first-order valence-electron chi connectivity index (χ1n) is 5.76. The van der Waals surface area contributed by atoms with Gasteiger partial charge in [-0.1, -0.05) is 13.3 Å². The molecule has 0 atom stereocenters. The maximum absolute atomic E-state index is 11.5. The minimum Gasteiger partial charge on any atom is -0.337 e. The van der Waals surface area contributed by atoms with Crippen molar-refractivity contribution in [3.05, 3.63) is 23.8 Å². The van der Waals surface area contributed by atoms with Crippen LogP contribution in [0.4, 0.5) is 4.79 Å². The third-order valence-corrected chi connectivity index (χ3v) is 2.12. The highest BCUT2D eigenvalue weighted by Crippen LogP contribution is 1.92. The first-order valence-corrected chi connectivity index (χ1v) is 5.76. The predicted octanol–water partition coefficient (Wildman–Crippen LogP) is 0.529. The average Bonchev–Trinajstić information content (AvgIpc) is 2.37. The maximum atomic E-state index is 11.5. The zero-order valence-corrected chi connectivity index (χ0v) is 10.5. The molecule has 0 spiro atoms. The Morgan fingerprint density at radius 2 is 2.00 bits per heavy atom. The lowest BCUT2D eigenvalue weighted by Gasteiger charge is -2.08. The normalized spacial score (nSPS) is 9.67. The molecule has 0 aromatic carbocycles. The average molecular weight is 251 g/mol. The van der Waals surface area contributed by atoms with Gasteiger partial charge in [0.1, 0.15) is 5.69 Å². The number of aromatic nitrogens is 2. The number of hydrogen-bond donors (Lipinski definition) is 3. The summed E-state index contributed by atoms with van der Waals surface area (Å²) < 4.78 is 0. The smallest absolute Gasteiger partial charge is 0.333 e. The Bertz CT molecular complexity index is 404. The molecule has 0 radical (unpaired) electrons. The van der Waals surface area contributed by atoms with E-state index in [4.69, 9.17) is 0 Å². The van der Waals surface area contributed by atoms with E-state index in [1.54, 1.807) is 6.92 Å². The van der Waals surface area contributed by atoms with Gasteiger partial charge < -0.3 is 5.32 Å². The molecular formula is C11H17N5O2. The van der Waals surface area contributed by atoms with Gasteiger partial charge in [0.25, 0.3) is 5.91 Å². The number of hydrogen-bond acceptors (Lipinski definition) is 4. The van der Waals surface area contributed by atoms with E-state index in [0.717, 1.165) is 18.5 Å². The molecule has 0 bridgehead atoms. The van der Waals surface area contributed by atoms with Crippen LogP contribution in [-0.2, 0) is 0 Å². The van der Waals surface area contributed by atoms with E-state index in [1.807, 2.05) is 6.92 Å². The molecule has 1 heterocycles. The quantitative estimate of drug-likeness (QED) is 0.537. The molecule has 7 heteroatoms. The zero-order chi connectivity index (χ0) is 13.4. The van der Waals surface area contributed by atoms with E-state index < -0.39 is 11.9 Å². The Balaban J connectivity index is 2.32. The van der Waals surface area contributed by atoms with Crippen molar-refractivity contribution < 1.29 is 9.59 Å². The van der Waals surface area contributed by atoms with Gasteiger partial charge in [-0.05, 0) is 13.3 Å². The number of rotatable bonds is 4. The molecular weight excluding hydrogens is 234 g/mol. The van der Waals surface area contributed by atoms with E-state index in [-0.39, 0.29) is 5.69 Å². The number of nitrogens with one attached hydrogen (secondary N) is 3. The molecule has 1 aromatic heterocycles. The van der Waals surface area contributed by atoms with Crippen molar-refractivity contribution in [1.82, 2.24) is 26.1 Å². The summed E-state index contributed by atoms with van der Waals surface area (Å²) in [6.07, 6.45) is 4.72. The van der Waals surface area contributed by atoms with E-state index in [2.05, 4.69) is 26.1 Å². The molecule has 0 unspecified atom stereocenters. The molecule has 0 aliphatic rings. The van der Waals surface area contributed by atoms with Crippen LogP contribution in [0.5, 0.6) is 0 Å². The summed E-state index contributed by atoms with van der Waals surface area (Å²) in [6, 6.07) is -0.447. The summed E-state index contributed by atoms with van der Waals surface area (Å²) in [5.74, 6) is -0.506. The van der Waals surface area contributed by atoms with Crippen molar-refractivity contribution in [3.63, 3.8) is 0 Å². The van der Waals surface area contributed by atoms with Crippen LogP contribution in [0.3, 0.4) is 0 Å². The number of carbonyl (C=O) groups excluding carboxylic acids is 2. The first-order chi connectivity index (χ1) is 8.63. The molecule has 7 nitrogen and oxygen atoms in total. The van der Waals surface area contributed by atoms with Gasteiger partial charge >= 0.3 is 6.03 Å². The van der Waals surface area contributed by atoms with Gasteiger partial charge in [0.15, 0.2) is 0 Å². The topological polar surface area (TPSA) is 96.0 Å². The second kappa shape index (κ2) is 7.21. The van der Waals surface area contributed by atoms with E-state index in [1.165, 1.54) is 12.4 Å². The Morgan fingerprint density at radius 3 is 2.61 bits per heavy atom. The van der Waals surface area contributed by atoms with Crippen LogP contribution in [0, 0.1) is 6.92 Å². The summed E-state index contributed by atoms with van der Waals surface area (Å²) in [5.41, 5.74) is 5.35. The first kappa shape index (κ1) is 13.9. The Hall–Kier alpha value is -2.18. The number of carbonyl (C=O) groups is 2. The van der Waals surface area contributed by atoms with Crippen LogP contribution < -0.4 is 16.2 Å². The van der Waals surface area contributed by atoms with Crippen LogP contribution in [0.25, 0.3) is 0 Å². The van der Waals surface area contributed by atoms with Crippen molar-refractivity contribution in [3.8, 4) is 0 Å². The summed E-state index contributed by atoms with van der Waals surface area (Å²) >= 11 is 0. The summed E-state index contributed by atoms with van der Waals surface area (Å²) in [5, 5.41) is 2.60. The number of nitrogens with zero attached hydrogens (tertiary/aromatic N) is 2. The summed E-state index contributed by atoms with van der Waals surface area (Å²) in [7, 11) is 0. The third-order valence-electron chi connectivity index (χ3n) is 2.12. The highest BCUT2D eigenvalue weighted by molar-refractivity contribution is 5.93. The lowest BCUT2D eigenvalue weighted by Crippen LogP contribution is -2.47. The molecule has 18 heavy (non-hydrogen) atoms. The Morgan fingerprint density at radius 1 is 1.22 bits per heavy atom. The van der Waals surface area contributed by atoms with Gasteiger partial charge in [0.2, 0.25) is 0 Å². The van der Waals surface area contributed by atoms with Crippen molar-refractivity contribution in [2.75, 3.05) is 6.54 Å².